The number of carboxylic acids is 1. The number of carbonyl (C=O) groups is 2. The predicted octanol–water partition coefficient (Wildman–Crippen LogP) is 1.40. The summed E-state index contributed by atoms with van der Waals surface area (Å²) in [4.78, 5) is 27.0. The Bertz CT molecular complexity index is 621. The Morgan fingerprint density at radius 3 is 2.52 bits per heavy atom. The number of ether oxygens (including phenoxy) is 1. The quantitative estimate of drug-likeness (QED) is 0.841. The number of amides is 1. The molecular formula is C19H28N2O4. The molecule has 6 nitrogen and oxygen atoms in total. The number of morpholine rings is 1. The van der Waals surface area contributed by atoms with Crippen molar-refractivity contribution in [1.82, 2.24) is 9.80 Å². The molecule has 0 aromatic heterocycles. The Morgan fingerprint density at radius 2 is 1.92 bits per heavy atom. The third kappa shape index (κ3) is 5.54. The number of aliphatic carboxylic acids is 1. The lowest BCUT2D eigenvalue weighted by molar-refractivity contribution is -0.142. The molecule has 0 radical (unpaired) electrons. The fourth-order valence-corrected chi connectivity index (χ4v) is 3.45. The topological polar surface area (TPSA) is 70.1 Å². The highest BCUT2D eigenvalue weighted by Crippen LogP contribution is 2.18. The molecule has 0 spiro atoms. The second-order valence-corrected chi connectivity index (χ2v) is 6.98. The number of hydrogen-bond donors (Lipinski definition) is 1. The van der Waals surface area contributed by atoms with Crippen LogP contribution < -0.4 is 0 Å². The minimum absolute atomic E-state index is 0.0322. The van der Waals surface area contributed by atoms with Crippen molar-refractivity contribution in [2.24, 2.45) is 0 Å². The minimum atomic E-state index is -0.864. The molecule has 0 bridgehead atoms. The number of nitrogens with zero attached hydrogens (tertiary/aromatic N) is 2. The van der Waals surface area contributed by atoms with E-state index in [-0.39, 0.29) is 18.6 Å². The van der Waals surface area contributed by atoms with Crippen LogP contribution in [0.5, 0.6) is 0 Å². The van der Waals surface area contributed by atoms with Gasteiger partial charge >= 0.3 is 5.97 Å². The first-order chi connectivity index (χ1) is 11.8. The average Bonchev–Trinajstić information content (AvgIpc) is 2.50. The van der Waals surface area contributed by atoms with Gasteiger partial charge in [-0.25, -0.2) is 0 Å². The number of carboxylic acid groups (broad SMARTS) is 1. The van der Waals surface area contributed by atoms with E-state index in [1.165, 1.54) is 5.56 Å². The van der Waals surface area contributed by atoms with Gasteiger partial charge in [0.25, 0.3) is 0 Å². The zero-order valence-corrected chi connectivity index (χ0v) is 15.5. The molecule has 1 N–H and O–H groups in total. The highest BCUT2D eigenvalue weighted by Gasteiger charge is 2.26. The van der Waals surface area contributed by atoms with Gasteiger partial charge in [0, 0.05) is 19.6 Å². The summed E-state index contributed by atoms with van der Waals surface area (Å²) in [5.74, 6) is -0.763. The number of rotatable bonds is 6. The molecule has 1 aliphatic rings. The standard InChI is InChI=1S/C19H28N2O4/c1-13-7-14(2)17(15(3)8-13)9-18(22)21-5-6-25-16(11-21)10-20(4)12-19(23)24/h7-8,16H,5-6,9-12H2,1-4H3,(H,23,24). The fourth-order valence-electron chi connectivity index (χ4n) is 3.45. The van der Waals surface area contributed by atoms with Gasteiger partial charge in [-0.3, -0.25) is 14.5 Å². The molecule has 1 atom stereocenters. The molecule has 1 saturated heterocycles. The molecule has 138 valence electrons. The number of carbonyl (C=O) groups excluding carboxylic acids is 1. The normalized spacial score (nSPS) is 17.8. The van der Waals surface area contributed by atoms with Crippen LogP contribution in [-0.4, -0.2) is 72.7 Å². The number of likely N-dealkylation sites (N-methyl/N-ethyl adjacent to an activating group) is 1. The highest BCUT2D eigenvalue weighted by molar-refractivity contribution is 5.79. The molecule has 1 amide bonds. The number of benzene rings is 1. The maximum Gasteiger partial charge on any atom is 0.317 e. The van der Waals surface area contributed by atoms with Crippen molar-refractivity contribution in [2.75, 3.05) is 39.8 Å². The molecular weight excluding hydrogens is 320 g/mol. The molecule has 1 heterocycles. The van der Waals surface area contributed by atoms with Gasteiger partial charge in [0.1, 0.15) is 0 Å². The van der Waals surface area contributed by atoms with Crippen molar-refractivity contribution >= 4 is 11.9 Å². The molecule has 1 fully saturated rings. The van der Waals surface area contributed by atoms with Crippen LogP contribution in [0.3, 0.4) is 0 Å². The molecule has 1 aliphatic heterocycles. The molecule has 0 saturated carbocycles. The lowest BCUT2D eigenvalue weighted by Crippen LogP contribution is -2.50. The average molecular weight is 348 g/mol. The van der Waals surface area contributed by atoms with E-state index < -0.39 is 5.97 Å². The SMILES string of the molecule is Cc1cc(C)c(CC(=O)N2CCOC(CN(C)CC(=O)O)C2)c(C)c1. The molecule has 1 aromatic rings. The van der Waals surface area contributed by atoms with Gasteiger partial charge in [0.05, 0.1) is 25.7 Å². The van der Waals surface area contributed by atoms with Crippen molar-refractivity contribution in [3.63, 3.8) is 0 Å². The molecule has 0 aliphatic carbocycles. The largest absolute Gasteiger partial charge is 0.480 e. The van der Waals surface area contributed by atoms with Crippen LogP contribution in [0.15, 0.2) is 12.1 Å². The summed E-state index contributed by atoms with van der Waals surface area (Å²) >= 11 is 0. The summed E-state index contributed by atoms with van der Waals surface area (Å²) in [6, 6.07) is 4.22. The minimum Gasteiger partial charge on any atom is -0.480 e. The van der Waals surface area contributed by atoms with Crippen LogP contribution in [0, 0.1) is 20.8 Å². The smallest absolute Gasteiger partial charge is 0.317 e. The third-order valence-corrected chi connectivity index (χ3v) is 4.58. The predicted molar refractivity (Wildman–Crippen MR) is 95.8 cm³/mol. The van der Waals surface area contributed by atoms with E-state index in [1.54, 1.807) is 11.9 Å². The van der Waals surface area contributed by atoms with Crippen LogP contribution >= 0.6 is 0 Å². The molecule has 6 heteroatoms. The Labute approximate surface area is 149 Å². The van der Waals surface area contributed by atoms with Crippen LogP contribution in [0.4, 0.5) is 0 Å². The van der Waals surface area contributed by atoms with Crippen molar-refractivity contribution in [2.45, 2.75) is 33.3 Å². The van der Waals surface area contributed by atoms with Gasteiger partial charge < -0.3 is 14.7 Å². The maximum atomic E-state index is 12.7. The van der Waals surface area contributed by atoms with Crippen LogP contribution in [0.25, 0.3) is 0 Å². The van der Waals surface area contributed by atoms with Crippen molar-refractivity contribution in [3.05, 3.63) is 34.4 Å². The van der Waals surface area contributed by atoms with E-state index in [9.17, 15) is 9.59 Å². The summed E-state index contributed by atoms with van der Waals surface area (Å²) in [5.41, 5.74) is 4.61. The molecule has 1 aromatic carbocycles. The molecule has 1 unspecified atom stereocenters. The van der Waals surface area contributed by atoms with E-state index in [2.05, 4.69) is 19.1 Å². The summed E-state index contributed by atoms with van der Waals surface area (Å²) in [6.07, 6.45) is 0.248. The van der Waals surface area contributed by atoms with Crippen molar-refractivity contribution in [1.29, 1.82) is 0 Å². The summed E-state index contributed by atoms with van der Waals surface area (Å²) in [7, 11) is 1.75. The fraction of sp³-hybridized carbons (Fsp3) is 0.579. The first-order valence-corrected chi connectivity index (χ1v) is 8.62. The third-order valence-electron chi connectivity index (χ3n) is 4.58. The van der Waals surface area contributed by atoms with Gasteiger partial charge in [-0.05, 0) is 44.5 Å². The molecule has 2 rings (SSSR count). The lowest BCUT2D eigenvalue weighted by atomic mass is 9.97. The highest BCUT2D eigenvalue weighted by atomic mass is 16.5. The summed E-state index contributed by atoms with van der Waals surface area (Å²) < 4.78 is 5.70. The lowest BCUT2D eigenvalue weighted by Gasteiger charge is -2.35. The number of hydrogen-bond acceptors (Lipinski definition) is 4. The van der Waals surface area contributed by atoms with E-state index >= 15 is 0 Å². The Balaban J connectivity index is 1.97. The second-order valence-electron chi connectivity index (χ2n) is 6.98. The second kappa shape index (κ2) is 8.45. The monoisotopic (exact) mass is 348 g/mol. The van der Waals surface area contributed by atoms with E-state index in [0.717, 1.165) is 16.7 Å². The van der Waals surface area contributed by atoms with Crippen LogP contribution in [0.1, 0.15) is 22.3 Å². The van der Waals surface area contributed by atoms with Gasteiger partial charge in [0.2, 0.25) is 5.91 Å². The zero-order chi connectivity index (χ0) is 18.6. The van der Waals surface area contributed by atoms with E-state index in [1.807, 2.05) is 18.7 Å². The maximum absolute atomic E-state index is 12.7. The first kappa shape index (κ1) is 19.4. The van der Waals surface area contributed by atoms with Crippen LogP contribution in [0.2, 0.25) is 0 Å². The van der Waals surface area contributed by atoms with Gasteiger partial charge in [-0.1, -0.05) is 17.7 Å². The Kier molecular flexibility index (Phi) is 6.56. The van der Waals surface area contributed by atoms with E-state index in [0.29, 0.717) is 32.7 Å². The first-order valence-electron chi connectivity index (χ1n) is 8.62. The zero-order valence-electron chi connectivity index (χ0n) is 15.5. The van der Waals surface area contributed by atoms with Crippen LogP contribution in [-0.2, 0) is 20.7 Å². The Hall–Kier alpha value is -1.92. The van der Waals surface area contributed by atoms with Crippen molar-refractivity contribution < 1.29 is 19.4 Å². The van der Waals surface area contributed by atoms with Crippen molar-refractivity contribution in [3.8, 4) is 0 Å². The van der Waals surface area contributed by atoms with E-state index in [4.69, 9.17) is 9.84 Å². The summed E-state index contributed by atoms with van der Waals surface area (Å²) in [6.45, 7) is 8.20. The molecule has 25 heavy (non-hydrogen) atoms. The summed E-state index contributed by atoms with van der Waals surface area (Å²) in [5, 5.41) is 8.84. The van der Waals surface area contributed by atoms with Gasteiger partial charge in [0.15, 0.2) is 0 Å². The van der Waals surface area contributed by atoms with Gasteiger partial charge in [-0.2, -0.15) is 0 Å². The Morgan fingerprint density at radius 1 is 1.28 bits per heavy atom. The van der Waals surface area contributed by atoms with Gasteiger partial charge in [-0.15, -0.1) is 0 Å². The number of aryl methyl sites for hydroxylation is 3.